The lowest BCUT2D eigenvalue weighted by molar-refractivity contribution is -0.128. The molecule has 2 aliphatic rings. The van der Waals surface area contributed by atoms with Crippen molar-refractivity contribution in [3.05, 3.63) is 5.69 Å². The molecule has 3 amide bonds. The minimum atomic E-state index is -0.390. The van der Waals surface area contributed by atoms with Crippen LogP contribution in [0.4, 0.5) is 10.6 Å². The zero-order chi connectivity index (χ0) is 17.1. The summed E-state index contributed by atoms with van der Waals surface area (Å²) < 4.78 is 1.61. The number of nitrogens with one attached hydrogen (secondary N) is 2. The van der Waals surface area contributed by atoms with Crippen LogP contribution in [0.15, 0.2) is 0 Å². The van der Waals surface area contributed by atoms with Gasteiger partial charge in [0.2, 0.25) is 5.91 Å². The third-order valence-electron chi connectivity index (χ3n) is 5.21. The summed E-state index contributed by atoms with van der Waals surface area (Å²) in [7, 11) is 1.78. The molecule has 1 unspecified atom stereocenters. The summed E-state index contributed by atoms with van der Waals surface area (Å²) >= 11 is 0. The van der Waals surface area contributed by atoms with Crippen LogP contribution in [0.3, 0.4) is 0 Å². The molecule has 1 aliphatic heterocycles. The zero-order valence-corrected chi connectivity index (χ0v) is 14.4. The monoisotopic (exact) mass is 334 g/mol. The van der Waals surface area contributed by atoms with Gasteiger partial charge in [0, 0.05) is 20.1 Å². The Morgan fingerprint density at radius 1 is 1.33 bits per heavy atom. The van der Waals surface area contributed by atoms with Crippen molar-refractivity contribution in [2.45, 2.75) is 51.5 Å². The molecular formula is C16H26N6O2. The molecule has 1 atom stereocenters. The van der Waals surface area contributed by atoms with Gasteiger partial charge in [-0.3, -0.25) is 14.8 Å². The standard InChI is InChI=1S/C16H26N6O2/c1-11-14(19-20-21(11)2)18-16(24)22-9-8-17-15(23)13(22)10-12-6-4-3-5-7-12/h12-13H,3-10H2,1-2H3,(H,17,23)(H,18,24). The number of carbonyl (C=O) groups excluding carboxylic acids is 2. The highest BCUT2D eigenvalue weighted by Crippen LogP contribution is 2.29. The number of aromatic nitrogens is 3. The molecule has 0 spiro atoms. The summed E-state index contributed by atoms with van der Waals surface area (Å²) in [4.78, 5) is 26.7. The number of carbonyl (C=O) groups is 2. The average Bonchev–Trinajstić information content (AvgIpc) is 2.89. The predicted molar refractivity (Wildman–Crippen MR) is 89.5 cm³/mol. The molecule has 2 heterocycles. The molecule has 0 aromatic carbocycles. The minimum absolute atomic E-state index is 0.0437. The Bertz CT molecular complexity index is 608. The topological polar surface area (TPSA) is 92.2 Å². The summed E-state index contributed by atoms with van der Waals surface area (Å²) in [6, 6.07) is -0.659. The summed E-state index contributed by atoms with van der Waals surface area (Å²) in [5, 5.41) is 13.6. The van der Waals surface area contributed by atoms with Crippen LogP contribution in [-0.2, 0) is 11.8 Å². The van der Waals surface area contributed by atoms with E-state index in [1.54, 1.807) is 16.6 Å². The average molecular weight is 334 g/mol. The van der Waals surface area contributed by atoms with Crippen molar-refractivity contribution < 1.29 is 9.59 Å². The smallest absolute Gasteiger partial charge is 0.323 e. The summed E-state index contributed by atoms with van der Waals surface area (Å²) in [6.07, 6.45) is 6.79. The van der Waals surface area contributed by atoms with Gasteiger partial charge in [-0.15, -0.1) is 5.10 Å². The first-order valence-corrected chi connectivity index (χ1v) is 8.78. The maximum Gasteiger partial charge on any atom is 0.323 e. The lowest BCUT2D eigenvalue weighted by Crippen LogP contribution is -2.58. The highest BCUT2D eigenvalue weighted by molar-refractivity contribution is 5.94. The Hall–Kier alpha value is -2.12. The Balaban J connectivity index is 1.69. The Morgan fingerprint density at radius 2 is 2.08 bits per heavy atom. The molecule has 24 heavy (non-hydrogen) atoms. The lowest BCUT2D eigenvalue weighted by Gasteiger charge is -2.37. The van der Waals surface area contributed by atoms with Crippen LogP contribution in [0.5, 0.6) is 0 Å². The second-order valence-corrected chi connectivity index (χ2v) is 6.82. The van der Waals surface area contributed by atoms with E-state index in [-0.39, 0.29) is 18.0 Å². The fraction of sp³-hybridized carbons (Fsp3) is 0.750. The summed E-state index contributed by atoms with van der Waals surface area (Å²) in [5.41, 5.74) is 0.786. The third-order valence-corrected chi connectivity index (χ3v) is 5.21. The number of hydrogen-bond acceptors (Lipinski definition) is 4. The highest BCUT2D eigenvalue weighted by atomic mass is 16.2. The molecule has 1 saturated heterocycles. The first kappa shape index (κ1) is 16.7. The van der Waals surface area contributed by atoms with E-state index in [9.17, 15) is 9.59 Å². The van der Waals surface area contributed by atoms with Gasteiger partial charge in [0.05, 0.1) is 5.69 Å². The van der Waals surface area contributed by atoms with Gasteiger partial charge in [0.25, 0.3) is 0 Å². The van der Waals surface area contributed by atoms with E-state index in [0.717, 1.165) is 25.0 Å². The second kappa shape index (κ2) is 7.19. The molecule has 2 fully saturated rings. The lowest BCUT2D eigenvalue weighted by atomic mass is 9.84. The normalized spacial score (nSPS) is 22.3. The van der Waals surface area contributed by atoms with Crippen molar-refractivity contribution in [2.75, 3.05) is 18.4 Å². The Kier molecular flexibility index (Phi) is 5.01. The van der Waals surface area contributed by atoms with E-state index in [4.69, 9.17) is 0 Å². The van der Waals surface area contributed by atoms with Crippen LogP contribution in [0.2, 0.25) is 0 Å². The van der Waals surface area contributed by atoms with Crippen molar-refractivity contribution in [3.63, 3.8) is 0 Å². The van der Waals surface area contributed by atoms with Gasteiger partial charge in [0.1, 0.15) is 6.04 Å². The van der Waals surface area contributed by atoms with Gasteiger partial charge in [-0.25, -0.2) is 4.79 Å². The number of urea groups is 1. The fourth-order valence-corrected chi connectivity index (χ4v) is 3.62. The minimum Gasteiger partial charge on any atom is -0.353 e. The molecule has 0 radical (unpaired) electrons. The molecule has 1 aromatic rings. The number of hydrogen-bond donors (Lipinski definition) is 2. The highest BCUT2D eigenvalue weighted by Gasteiger charge is 2.35. The molecule has 0 bridgehead atoms. The molecular weight excluding hydrogens is 308 g/mol. The van der Waals surface area contributed by atoms with Gasteiger partial charge < -0.3 is 10.2 Å². The van der Waals surface area contributed by atoms with E-state index in [1.807, 2.05) is 6.92 Å². The van der Waals surface area contributed by atoms with Crippen LogP contribution < -0.4 is 10.6 Å². The number of rotatable bonds is 3. The quantitative estimate of drug-likeness (QED) is 0.874. The van der Waals surface area contributed by atoms with Crippen LogP contribution in [0, 0.1) is 12.8 Å². The second-order valence-electron chi connectivity index (χ2n) is 6.82. The predicted octanol–water partition coefficient (Wildman–Crippen LogP) is 1.43. The maximum absolute atomic E-state index is 12.7. The number of piperazine rings is 1. The SMILES string of the molecule is Cc1c(NC(=O)N2CCNC(=O)C2CC2CCCCC2)nnn1C. The van der Waals surface area contributed by atoms with Gasteiger partial charge in [-0.05, 0) is 19.3 Å². The van der Waals surface area contributed by atoms with Crippen molar-refractivity contribution in [2.24, 2.45) is 13.0 Å². The van der Waals surface area contributed by atoms with E-state index >= 15 is 0 Å². The fourth-order valence-electron chi connectivity index (χ4n) is 3.62. The summed E-state index contributed by atoms with van der Waals surface area (Å²) in [6.45, 7) is 2.86. The number of amides is 3. The molecule has 1 aromatic heterocycles. The molecule has 1 aliphatic carbocycles. The van der Waals surface area contributed by atoms with E-state index in [0.29, 0.717) is 24.8 Å². The van der Waals surface area contributed by atoms with Crippen molar-refractivity contribution in [1.82, 2.24) is 25.2 Å². The third kappa shape index (κ3) is 3.52. The summed E-state index contributed by atoms with van der Waals surface area (Å²) in [5.74, 6) is 0.934. The van der Waals surface area contributed by atoms with Gasteiger partial charge in [-0.1, -0.05) is 37.3 Å². The molecule has 132 valence electrons. The molecule has 3 rings (SSSR count). The first-order valence-electron chi connectivity index (χ1n) is 8.78. The van der Waals surface area contributed by atoms with Gasteiger partial charge >= 0.3 is 6.03 Å². The van der Waals surface area contributed by atoms with E-state index in [2.05, 4.69) is 20.9 Å². The first-order chi connectivity index (χ1) is 11.6. The van der Waals surface area contributed by atoms with E-state index in [1.165, 1.54) is 19.3 Å². The van der Waals surface area contributed by atoms with Crippen LogP contribution in [0.25, 0.3) is 0 Å². The zero-order valence-electron chi connectivity index (χ0n) is 14.4. The van der Waals surface area contributed by atoms with Crippen molar-refractivity contribution in [3.8, 4) is 0 Å². The van der Waals surface area contributed by atoms with Gasteiger partial charge in [0.15, 0.2) is 5.82 Å². The van der Waals surface area contributed by atoms with Crippen LogP contribution in [0.1, 0.15) is 44.2 Å². The molecule has 2 N–H and O–H groups in total. The van der Waals surface area contributed by atoms with Crippen molar-refractivity contribution >= 4 is 17.8 Å². The van der Waals surface area contributed by atoms with Crippen LogP contribution in [-0.4, -0.2) is 51.0 Å². The molecule has 8 heteroatoms. The Morgan fingerprint density at radius 3 is 2.75 bits per heavy atom. The number of anilines is 1. The van der Waals surface area contributed by atoms with E-state index < -0.39 is 0 Å². The van der Waals surface area contributed by atoms with Crippen molar-refractivity contribution in [1.29, 1.82) is 0 Å². The molecule has 8 nitrogen and oxygen atoms in total. The number of nitrogens with zero attached hydrogens (tertiary/aromatic N) is 4. The Labute approximate surface area is 142 Å². The molecule has 1 saturated carbocycles. The largest absolute Gasteiger partial charge is 0.353 e. The number of aryl methyl sites for hydroxylation is 1. The maximum atomic E-state index is 12.7. The van der Waals surface area contributed by atoms with Gasteiger partial charge in [-0.2, -0.15) is 0 Å². The van der Waals surface area contributed by atoms with Crippen LogP contribution >= 0.6 is 0 Å².